The van der Waals surface area contributed by atoms with Crippen molar-refractivity contribution in [1.29, 1.82) is 0 Å². The van der Waals surface area contributed by atoms with Gasteiger partial charge in [-0.25, -0.2) is 0 Å². The van der Waals surface area contributed by atoms with Crippen molar-refractivity contribution in [2.45, 2.75) is 18.7 Å². The van der Waals surface area contributed by atoms with Crippen molar-refractivity contribution in [2.24, 2.45) is 0 Å². The average Bonchev–Trinajstić information content (AvgIpc) is 2.85. The van der Waals surface area contributed by atoms with Gasteiger partial charge in [0.15, 0.2) is 0 Å². The first-order chi connectivity index (χ1) is 8.78. The minimum absolute atomic E-state index is 0.0591. The number of hydrogen-bond donors (Lipinski definition) is 1. The molecule has 1 amide bonds. The van der Waals surface area contributed by atoms with Gasteiger partial charge in [0.2, 0.25) is 11.0 Å². The van der Waals surface area contributed by atoms with Crippen LogP contribution in [-0.4, -0.2) is 16.1 Å². The van der Waals surface area contributed by atoms with Gasteiger partial charge < -0.3 is 5.32 Å². The van der Waals surface area contributed by atoms with Gasteiger partial charge in [-0.2, -0.15) is 0 Å². The number of hydrogen-bond acceptors (Lipinski definition) is 4. The van der Waals surface area contributed by atoms with Gasteiger partial charge in [0.25, 0.3) is 0 Å². The summed E-state index contributed by atoms with van der Waals surface area (Å²) in [6.07, 6.45) is 1.15. The van der Waals surface area contributed by atoms with Gasteiger partial charge in [0.1, 0.15) is 5.01 Å². The molecular formula is C12H12ClN3OS. The Labute approximate surface area is 114 Å². The van der Waals surface area contributed by atoms with Crippen molar-refractivity contribution >= 4 is 34.0 Å². The van der Waals surface area contributed by atoms with Gasteiger partial charge in [-0.05, 0) is 12.0 Å². The van der Waals surface area contributed by atoms with E-state index in [9.17, 15) is 4.79 Å². The van der Waals surface area contributed by atoms with E-state index in [-0.39, 0.29) is 5.91 Å². The first-order valence-electron chi connectivity index (χ1n) is 5.50. The van der Waals surface area contributed by atoms with Crippen molar-refractivity contribution in [3.8, 4) is 0 Å². The number of nitrogens with one attached hydrogen (secondary N) is 1. The summed E-state index contributed by atoms with van der Waals surface area (Å²) in [6.45, 7) is 0. The number of alkyl halides is 1. The number of benzene rings is 1. The number of aryl methyl sites for hydroxylation is 1. The highest BCUT2D eigenvalue weighted by Crippen LogP contribution is 2.17. The molecule has 0 aliphatic carbocycles. The van der Waals surface area contributed by atoms with Crippen molar-refractivity contribution in [1.82, 2.24) is 10.2 Å². The smallest absolute Gasteiger partial charge is 0.226 e. The van der Waals surface area contributed by atoms with Crippen LogP contribution >= 0.6 is 22.9 Å². The predicted molar refractivity (Wildman–Crippen MR) is 72.9 cm³/mol. The van der Waals surface area contributed by atoms with E-state index in [4.69, 9.17) is 11.6 Å². The molecule has 0 bridgehead atoms. The van der Waals surface area contributed by atoms with Crippen LogP contribution in [-0.2, 0) is 17.1 Å². The van der Waals surface area contributed by atoms with Crippen LogP contribution in [0.4, 0.5) is 5.13 Å². The van der Waals surface area contributed by atoms with Crippen LogP contribution in [0.25, 0.3) is 0 Å². The second-order valence-corrected chi connectivity index (χ2v) is 5.00. The van der Waals surface area contributed by atoms with Gasteiger partial charge >= 0.3 is 0 Å². The maximum Gasteiger partial charge on any atom is 0.226 e. The molecule has 94 valence electrons. The lowest BCUT2D eigenvalue weighted by molar-refractivity contribution is -0.116. The van der Waals surface area contributed by atoms with Gasteiger partial charge in [0, 0.05) is 6.42 Å². The molecule has 1 N–H and O–H groups in total. The van der Waals surface area contributed by atoms with E-state index in [1.807, 2.05) is 30.3 Å². The Bertz CT molecular complexity index is 515. The topological polar surface area (TPSA) is 54.9 Å². The van der Waals surface area contributed by atoms with E-state index in [0.717, 1.165) is 5.56 Å². The Kier molecular flexibility index (Phi) is 4.66. The second kappa shape index (κ2) is 6.47. The van der Waals surface area contributed by atoms with Crippen LogP contribution in [0.5, 0.6) is 0 Å². The molecule has 0 aliphatic heterocycles. The Morgan fingerprint density at radius 3 is 2.72 bits per heavy atom. The summed E-state index contributed by atoms with van der Waals surface area (Å²) in [6, 6.07) is 9.89. The molecule has 0 fully saturated rings. The van der Waals surface area contributed by atoms with E-state index in [1.165, 1.54) is 11.3 Å². The van der Waals surface area contributed by atoms with E-state index in [2.05, 4.69) is 15.5 Å². The number of anilines is 1. The molecule has 4 nitrogen and oxygen atoms in total. The largest absolute Gasteiger partial charge is 0.301 e. The first-order valence-corrected chi connectivity index (χ1v) is 6.85. The van der Waals surface area contributed by atoms with Crippen LogP contribution in [0.1, 0.15) is 17.0 Å². The van der Waals surface area contributed by atoms with Gasteiger partial charge in [-0.1, -0.05) is 41.7 Å². The van der Waals surface area contributed by atoms with Crippen molar-refractivity contribution < 1.29 is 4.79 Å². The monoisotopic (exact) mass is 281 g/mol. The summed E-state index contributed by atoms with van der Waals surface area (Å²) in [7, 11) is 0. The fourth-order valence-corrected chi connectivity index (χ4v) is 2.27. The summed E-state index contributed by atoms with van der Waals surface area (Å²) < 4.78 is 0. The summed E-state index contributed by atoms with van der Waals surface area (Å²) in [5.41, 5.74) is 1.14. The molecule has 1 aromatic heterocycles. The Hall–Kier alpha value is -1.46. The van der Waals surface area contributed by atoms with Crippen LogP contribution in [0.3, 0.4) is 0 Å². The normalized spacial score (nSPS) is 10.3. The maximum absolute atomic E-state index is 11.7. The van der Waals surface area contributed by atoms with Gasteiger partial charge in [0.05, 0.1) is 5.88 Å². The van der Waals surface area contributed by atoms with Crippen molar-refractivity contribution in [3.05, 3.63) is 40.9 Å². The summed E-state index contributed by atoms with van der Waals surface area (Å²) >= 11 is 6.91. The number of aromatic nitrogens is 2. The molecule has 0 radical (unpaired) electrons. The first kappa shape index (κ1) is 13.0. The van der Waals surface area contributed by atoms with Gasteiger partial charge in [-0.15, -0.1) is 21.8 Å². The van der Waals surface area contributed by atoms with E-state index in [0.29, 0.717) is 28.9 Å². The van der Waals surface area contributed by atoms with Crippen molar-refractivity contribution in [2.75, 3.05) is 5.32 Å². The molecule has 6 heteroatoms. The quantitative estimate of drug-likeness (QED) is 0.858. The Morgan fingerprint density at radius 2 is 2.06 bits per heavy atom. The lowest BCUT2D eigenvalue weighted by Gasteiger charge is -2.01. The highest BCUT2D eigenvalue weighted by molar-refractivity contribution is 7.15. The molecule has 1 heterocycles. The molecule has 0 aliphatic rings. The van der Waals surface area contributed by atoms with Crippen molar-refractivity contribution in [3.63, 3.8) is 0 Å². The number of nitrogens with zero attached hydrogens (tertiary/aromatic N) is 2. The molecule has 0 saturated carbocycles. The Balaban J connectivity index is 1.82. The van der Waals surface area contributed by atoms with Crippen LogP contribution in [0, 0.1) is 0 Å². The molecule has 0 spiro atoms. The van der Waals surface area contributed by atoms with Crippen LogP contribution in [0.2, 0.25) is 0 Å². The lowest BCUT2D eigenvalue weighted by Crippen LogP contribution is -2.12. The molecule has 1 aromatic carbocycles. The zero-order chi connectivity index (χ0) is 12.8. The highest BCUT2D eigenvalue weighted by atomic mass is 35.5. The fourth-order valence-electron chi connectivity index (χ4n) is 1.44. The number of carbonyl (C=O) groups is 1. The number of rotatable bonds is 5. The van der Waals surface area contributed by atoms with Crippen LogP contribution in [0.15, 0.2) is 30.3 Å². The molecule has 18 heavy (non-hydrogen) atoms. The third kappa shape index (κ3) is 3.78. The number of carbonyl (C=O) groups excluding carboxylic acids is 1. The Morgan fingerprint density at radius 1 is 1.28 bits per heavy atom. The minimum atomic E-state index is -0.0591. The lowest BCUT2D eigenvalue weighted by atomic mass is 10.1. The summed E-state index contributed by atoms with van der Waals surface area (Å²) in [5, 5.41) is 11.6. The molecule has 0 unspecified atom stereocenters. The number of halogens is 1. The molecule has 0 atom stereocenters. The van der Waals surface area contributed by atoms with Crippen LogP contribution < -0.4 is 5.32 Å². The highest BCUT2D eigenvalue weighted by Gasteiger charge is 2.07. The van der Waals surface area contributed by atoms with Gasteiger partial charge in [-0.3, -0.25) is 4.79 Å². The summed E-state index contributed by atoms with van der Waals surface area (Å²) in [5.74, 6) is 0.258. The third-order valence-corrected chi connectivity index (χ3v) is 3.56. The molecular weight excluding hydrogens is 270 g/mol. The van der Waals surface area contributed by atoms with E-state index in [1.54, 1.807) is 0 Å². The average molecular weight is 282 g/mol. The fraction of sp³-hybridized carbons (Fsp3) is 0.250. The zero-order valence-electron chi connectivity index (χ0n) is 9.60. The van der Waals surface area contributed by atoms with E-state index < -0.39 is 0 Å². The molecule has 0 saturated heterocycles. The van der Waals surface area contributed by atoms with E-state index >= 15 is 0 Å². The maximum atomic E-state index is 11.7. The standard InChI is InChI=1S/C12H12ClN3OS/c13-8-11-15-16-12(18-11)14-10(17)7-6-9-4-2-1-3-5-9/h1-5H,6-8H2,(H,14,16,17). The molecule has 2 aromatic rings. The SMILES string of the molecule is O=C(CCc1ccccc1)Nc1nnc(CCl)s1. The summed E-state index contributed by atoms with van der Waals surface area (Å²) in [4.78, 5) is 11.7. The third-order valence-electron chi connectivity index (χ3n) is 2.31. The number of amides is 1. The predicted octanol–water partition coefficient (Wildman–Crippen LogP) is 2.85. The second-order valence-electron chi connectivity index (χ2n) is 3.67. The zero-order valence-corrected chi connectivity index (χ0v) is 11.2. The molecule has 2 rings (SSSR count). The minimum Gasteiger partial charge on any atom is -0.301 e.